The van der Waals surface area contributed by atoms with Crippen LogP contribution in [0.3, 0.4) is 0 Å². The molecule has 4 N–H and O–H groups in total. The van der Waals surface area contributed by atoms with E-state index in [-0.39, 0.29) is 29.3 Å². The van der Waals surface area contributed by atoms with Crippen molar-refractivity contribution >= 4 is 28.8 Å². The number of rotatable bonds is 7. The van der Waals surface area contributed by atoms with Gasteiger partial charge in [0.2, 0.25) is 11.4 Å². The Bertz CT molecular complexity index is 1810. The molecule has 0 aliphatic heterocycles. The minimum absolute atomic E-state index is 0.0407. The van der Waals surface area contributed by atoms with Gasteiger partial charge in [0.1, 0.15) is 12.4 Å². The standard InChI is InChI=1S/C29H26F3N5O6/c1-4-42-28(39)43-23-14-37(15-29(30,31)32)21-11-16(6-8-20(21)24(23)38)5-7-18-9-17(12-22(40-2)25(18)41-3)10-19-13-35-27(34)36-26(19)33/h6,8-9,11-14H,4,10,15H2,1-3H3,(H4,33,34,35,36). The van der Waals surface area contributed by atoms with Crippen LogP contribution in [-0.4, -0.2) is 47.7 Å². The number of nitrogens with zero attached hydrogens (tertiary/aromatic N) is 3. The van der Waals surface area contributed by atoms with Crippen LogP contribution >= 0.6 is 0 Å². The number of fused-ring (bicyclic) bond motifs is 1. The second-order valence-electron chi connectivity index (χ2n) is 9.03. The molecule has 0 radical (unpaired) electrons. The van der Waals surface area contributed by atoms with Crippen LogP contribution in [0.4, 0.5) is 29.7 Å². The van der Waals surface area contributed by atoms with Gasteiger partial charge < -0.3 is 35.0 Å². The molecule has 0 spiro atoms. The number of hydrogen-bond donors (Lipinski definition) is 2. The summed E-state index contributed by atoms with van der Waals surface area (Å²) in [4.78, 5) is 32.6. The lowest BCUT2D eigenvalue weighted by atomic mass is 10.0. The van der Waals surface area contributed by atoms with Crippen molar-refractivity contribution in [2.24, 2.45) is 0 Å². The van der Waals surface area contributed by atoms with Gasteiger partial charge in [-0.2, -0.15) is 18.2 Å². The fraction of sp³-hybridized carbons (Fsp3) is 0.241. The molecule has 11 nitrogen and oxygen atoms in total. The lowest BCUT2D eigenvalue weighted by molar-refractivity contribution is -0.140. The number of methoxy groups -OCH3 is 2. The Kier molecular flexibility index (Phi) is 8.94. The molecule has 0 aliphatic rings. The smallest absolute Gasteiger partial charge is 0.493 e. The molecule has 0 amide bonds. The Morgan fingerprint density at radius 1 is 1.07 bits per heavy atom. The van der Waals surface area contributed by atoms with Gasteiger partial charge in [0.25, 0.3) is 0 Å². The first kappa shape index (κ1) is 30.5. The van der Waals surface area contributed by atoms with Crippen molar-refractivity contribution in [3.63, 3.8) is 0 Å². The lowest BCUT2D eigenvalue weighted by Gasteiger charge is -2.15. The number of carbonyl (C=O) groups is 1. The molecule has 0 aliphatic carbocycles. The molecule has 0 saturated carbocycles. The number of hydrogen-bond acceptors (Lipinski definition) is 10. The number of halogens is 3. The number of nitrogens with two attached hydrogens (primary N) is 2. The van der Waals surface area contributed by atoms with Gasteiger partial charge >= 0.3 is 12.3 Å². The predicted octanol–water partition coefficient (Wildman–Crippen LogP) is 4.06. The van der Waals surface area contributed by atoms with E-state index in [0.29, 0.717) is 34.6 Å². The van der Waals surface area contributed by atoms with E-state index in [1.807, 2.05) is 0 Å². The number of alkyl halides is 3. The summed E-state index contributed by atoms with van der Waals surface area (Å²) < 4.78 is 61.6. The highest BCUT2D eigenvalue weighted by Crippen LogP contribution is 2.33. The minimum Gasteiger partial charge on any atom is -0.493 e. The van der Waals surface area contributed by atoms with Crippen LogP contribution in [0.25, 0.3) is 10.9 Å². The third-order valence-corrected chi connectivity index (χ3v) is 6.05. The lowest BCUT2D eigenvalue weighted by Crippen LogP contribution is -2.22. The van der Waals surface area contributed by atoms with Crippen LogP contribution < -0.4 is 31.1 Å². The third kappa shape index (κ3) is 7.25. The Morgan fingerprint density at radius 3 is 2.49 bits per heavy atom. The molecule has 224 valence electrons. The monoisotopic (exact) mass is 597 g/mol. The van der Waals surface area contributed by atoms with Crippen LogP contribution in [0.2, 0.25) is 0 Å². The molecular weight excluding hydrogens is 571 g/mol. The van der Waals surface area contributed by atoms with E-state index in [0.717, 1.165) is 16.3 Å². The number of ether oxygens (including phenoxy) is 4. The van der Waals surface area contributed by atoms with Crippen molar-refractivity contribution in [1.82, 2.24) is 14.5 Å². The molecule has 4 aromatic rings. The van der Waals surface area contributed by atoms with Crippen LogP contribution in [0.15, 0.2) is 47.5 Å². The van der Waals surface area contributed by atoms with E-state index in [1.54, 1.807) is 12.1 Å². The SMILES string of the molecule is CCOC(=O)Oc1cn(CC(F)(F)F)c2cc(C#Cc3cc(Cc4cnc(N)nc4N)cc(OC)c3OC)ccc2c1=O. The van der Waals surface area contributed by atoms with Crippen molar-refractivity contribution in [3.8, 4) is 29.1 Å². The highest BCUT2D eigenvalue weighted by molar-refractivity contribution is 5.82. The molecule has 0 atom stereocenters. The van der Waals surface area contributed by atoms with Crippen LogP contribution in [0.1, 0.15) is 29.2 Å². The Hall–Kier alpha value is -5.45. The fourth-order valence-corrected chi connectivity index (χ4v) is 4.22. The number of nitrogen functional groups attached to an aromatic ring is 2. The number of aromatic nitrogens is 3. The summed E-state index contributed by atoms with van der Waals surface area (Å²) >= 11 is 0. The van der Waals surface area contributed by atoms with Crippen molar-refractivity contribution in [2.75, 3.05) is 32.3 Å². The summed E-state index contributed by atoms with van der Waals surface area (Å²) in [5.74, 6) is 6.24. The molecule has 0 saturated heterocycles. The van der Waals surface area contributed by atoms with Gasteiger partial charge in [-0.15, -0.1) is 0 Å². The van der Waals surface area contributed by atoms with Gasteiger partial charge in [-0.05, 0) is 42.8 Å². The molecule has 0 unspecified atom stereocenters. The first-order chi connectivity index (χ1) is 20.4. The normalized spacial score (nSPS) is 11.0. The largest absolute Gasteiger partial charge is 0.514 e. The predicted molar refractivity (Wildman–Crippen MR) is 151 cm³/mol. The van der Waals surface area contributed by atoms with E-state index in [9.17, 15) is 22.8 Å². The second-order valence-corrected chi connectivity index (χ2v) is 9.03. The molecule has 2 heterocycles. The number of benzene rings is 2. The van der Waals surface area contributed by atoms with Gasteiger partial charge in [-0.3, -0.25) is 4.79 Å². The summed E-state index contributed by atoms with van der Waals surface area (Å²) in [5, 5.41) is -0.110. The zero-order valence-corrected chi connectivity index (χ0v) is 23.2. The van der Waals surface area contributed by atoms with Gasteiger partial charge in [0.15, 0.2) is 17.2 Å². The van der Waals surface area contributed by atoms with Crippen LogP contribution in [0, 0.1) is 11.8 Å². The number of anilines is 2. The number of pyridine rings is 1. The molecule has 2 aromatic heterocycles. The van der Waals surface area contributed by atoms with Crippen LogP contribution in [0.5, 0.6) is 17.2 Å². The molecule has 14 heteroatoms. The molecule has 4 rings (SSSR count). The average molecular weight is 598 g/mol. The van der Waals surface area contributed by atoms with E-state index >= 15 is 0 Å². The van der Waals surface area contributed by atoms with Crippen molar-refractivity contribution in [3.05, 3.63) is 75.2 Å². The van der Waals surface area contributed by atoms with E-state index in [2.05, 4.69) is 26.5 Å². The van der Waals surface area contributed by atoms with Crippen molar-refractivity contribution in [1.29, 1.82) is 0 Å². The van der Waals surface area contributed by atoms with Crippen LogP contribution in [-0.2, 0) is 17.7 Å². The highest BCUT2D eigenvalue weighted by atomic mass is 19.4. The average Bonchev–Trinajstić information content (AvgIpc) is 2.94. The van der Waals surface area contributed by atoms with Crippen molar-refractivity contribution in [2.45, 2.75) is 26.1 Å². The Morgan fingerprint density at radius 2 is 1.84 bits per heavy atom. The highest BCUT2D eigenvalue weighted by Gasteiger charge is 2.29. The molecular formula is C29H26F3N5O6. The van der Waals surface area contributed by atoms with Gasteiger partial charge in [-0.1, -0.05) is 11.8 Å². The maximum Gasteiger partial charge on any atom is 0.514 e. The third-order valence-electron chi connectivity index (χ3n) is 6.05. The topological polar surface area (TPSA) is 154 Å². The second kappa shape index (κ2) is 12.6. The summed E-state index contributed by atoms with van der Waals surface area (Å²) in [6.07, 6.45) is -3.21. The maximum atomic E-state index is 13.4. The van der Waals surface area contributed by atoms with Crippen molar-refractivity contribution < 1.29 is 36.9 Å². The van der Waals surface area contributed by atoms with E-state index in [4.69, 9.17) is 25.7 Å². The zero-order valence-electron chi connectivity index (χ0n) is 23.2. The van der Waals surface area contributed by atoms with Gasteiger partial charge in [-0.25, -0.2) is 9.78 Å². The molecule has 0 bridgehead atoms. The Labute approximate surface area is 243 Å². The Balaban J connectivity index is 1.79. The first-order valence-electron chi connectivity index (χ1n) is 12.6. The first-order valence-corrected chi connectivity index (χ1v) is 12.6. The van der Waals surface area contributed by atoms with Gasteiger partial charge in [0.05, 0.1) is 38.1 Å². The quantitative estimate of drug-likeness (QED) is 0.235. The summed E-state index contributed by atoms with van der Waals surface area (Å²) in [6, 6.07) is 7.59. The van der Waals surface area contributed by atoms with E-state index < -0.39 is 30.1 Å². The number of carbonyl (C=O) groups excluding carboxylic acids is 1. The molecule has 43 heavy (non-hydrogen) atoms. The fourth-order valence-electron chi connectivity index (χ4n) is 4.22. The van der Waals surface area contributed by atoms with Gasteiger partial charge in [0, 0.05) is 29.1 Å². The van der Waals surface area contributed by atoms with E-state index in [1.165, 1.54) is 45.5 Å². The summed E-state index contributed by atoms with van der Waals surface area (Å²) in [6.45, 7) is 0.0122. The minimum atomic E-state index is -4.64. The molecule has 2 aromatic carbocycles. The summed E-state index contributed by atoms with van der Waals surface area (Å²) in [5.41, 5.74) is 12.8. The summed E-state index contributed by atoms with van der Waals surface area (Å²) in [7, 11) is 2.90. The zero-order chi connectivity index (χ0) is 31.3. The molecule has 0 fully saturated rings. The maximum absolute atomic E-state index is 13.4.